The van der Waals surface area contributed by atoms with E-state index in [1.807, 2.05) is 24.3 Å². The van der Waals surface area contributed by atoms with E-state index in [9.17, 15) is 9.18 Å². The summed E-state index contributed by atoms with van der Waals surface area (Å²) in [5, 5.41) is 11.1. The van der Waals surface area contributed by atoms with Crippen molar-refractivity contribution < 1.29 is 9.18 Å². The molecule has 0 aromatic heterocycles. The van der Waals surface area contributed by atoms with Gasteiger partial charge in [0.15, 0.2) is 0 Å². The Kier molecular flexibility index (Phi) is 7.40. The summed E-state index contributed by atoms with van der Waals surface area (Å²) in [7, 11) is 0. The van der Waals surface area contributed by atoms with Crippen LogP contribution in [0.15, 0.2) is 36.4 Å². The van der Waals surface area contributed by atoms with Crippen LogP contribution in [0.4, 0.5) is 15.8 Å². The van der Waals surface area contributed by atoms with Gasteiger partial charge >= 0.3 is 0 Å². The molecule has 0 spiro atoms. The van der Waals surface area contributed by atoms with Gasteiger partial charge in [-0.05, 0) is 42.5 Å². The van der Waals surface area contributed by atoms with Gasteiger partial charge in [0.1, 0.15) is 11.5 Å². The van der Waals surface area contributed by atoms with Crippen LogP contribution in [0, 0.1) is 17.7 Å². The van der Waals surface area contributed by atoms with E-state index in [0.29, 0.717) is 16.4 Å². The molecule has 1 amide bonds. The van der Waals surface area contributed by atoms with Crippen molar-refractivity contribution >= 4 is 40.5 Å². The Morgan fingerprint density at radius 1 is 1.06 bits per heavy atom. The fourth-order valence-corrected chi connectivity index (χ4v) is 5.75. The Balaban J connectivity index is 1.80. The maximum Gasteiger partial charge on any atom is 0.228 e. The van der Waals surface area contributed by atoms with Crippen molar-refractivity contribution in [1.29, 1.82) is 0 Å². The summed E-state index contributed by atoms with van der Waals surface area (Å²) in [4.78, 5) is 14.0. The summed E-state index contributed by atoms with van der Waals surface area (Å²) in [5.41, 5.74) is 1.18. The van der Waals surface area contributed by atoms with Crippen LogP contribution in [0.3, 0.4) is 0 Å². The molecule has 0 radical (unpaired) electrons. The fraction of sp³-hybridized carbons (Fsp3) is 0.500. The third kappa shape index (κ3) is 4.81. The van der Waals surface area contributed by atoms with Crippen molar-refractivity contribution in [3.8, 4) is 0 Å². The van der Waals surface area contributed by atoms with Crippen LogP contribution in [0.5, 0.6) is 0 Å². The van der Waals surface area contributed by atoms with E-state index in [2.05, 4.69) is 29.8 Å². The van der Waals surface area contributed by atoms with Gasteiger partial charge in [-0.1, -0.05) is 81.3 Å². The van der Waals surface area contributed by atoms with Crippen molar-refractivity contribution in [3.05, 3.63) is 57.8 Å². The zero-order valence-corrected chi connectivity index (χ0v) is 20.7. The van der Waals surface area contributed by atoms with Crippen molar-refractivity contribution in [2.24, 2.45) is 11.8 Å². The number of anilines is 2. The number of benzene rings is 2. The number of amides is 1. The van der Waals surface area contributed by atoms with Crippen molar-refractivity contribution in [2.45, 2.75) is 70.5 Å². The zero-order valence-electron chi connectivity index (χ0n) is 19.2. The van der Waals surface area contributed by atoms with Gasteiger partial charge in [0, 0.05) is 17.1 Å². The highest BCUT2D eigenvalue weighted by molar-refractivity contribution is 6.31. The number of carbonyl (C=O) groups excluding carboxylic acids is 1. The average Bonchev–Trinajstić information content (AvgIpc) is 3.17. The molecule has 1 aliphatic carbocycles. The molecule has 2 aromatic carbocycles. The Morgan fingerprint density at radius 3 is 2.27 bits per heavy atom. The van der Waals surface area contributed by atoms with E-state index < -0.39 is 17.4 Å². The Morgan fingerprint density at radius 2 is 1.67 bits per heavy atom. The molecule has 1 fully saturated rings. The largest absolute Gasteiger partial charge is 0.357 e. The topological polar surface area (TPSA) is 53.2 Å². The van der Waals surface area contributed by atoms with Crippen LogP contribution in [0.1, 0.15) is 64.4 Å². The van der Waals surface area contributed by atoms with Crippen molar-refractivity contribution in [1.82, 2.24) is 5.32 Å². The second-order valence-electron chi connectivity index (χ2n) is 9.27. The van der Waals surface area contributed by atoms with Crippen LogP contribution < -0.4 is 16.0 Å². The van der Waals surface area contributed by atoms with Crippen LogP contribution in [-0.2, 0) is 10.5 Å². The van der Waals surface area contributed by atoms with Crippen molar-refractivity contribution in [3.63, 3.8) is 0 Å². The summed E-state index contributed by atoms with van der Waals surface area (Å²) >= 11 is 12.3. The smallest absolute Gasteiger partial charge is 0.228 e. The maximum atomic E-state index is 14.3. The van der Waals surface area contributed by atoms with E-state index in [4.69, 9.17) is 23.2 Å². The monoisotopic (exact) mass is 491 g/mol. The summed E-state index contributed by atoms with van der Waals surface area (Å²) < 4.78 is 14.3. The Labute approximate surface area is 205 Å². The normalized spacial score (nSPS) is 21.3. The lowest BCUT2D eigenvalue weighted by Gasteiger charge is -2.42. The minimum Gasteiger partial charge on any atom is -0.357 e. The van der Waals surface area contributed by atoms with E-state index in [1.54, 1.807) is 6.07 Å². The van der Waals surface area contributed by atoms with Gasteiger partial charge in [-0.3, -0.25) is 4.79 Å². The number of carbonyl (C=O) groups is 1. The summed E-state index contributed by atoms with van der Waals surface area (Å²) in [6.07, 6.45) is 7.20. The number of nitrogens with one attached hydrogen (secondary N) is 3. The van der Waals surface area contributed by atoms with E-state index in [0.717, 1.165) is 44.1 Å². The quantitative estimate of drug-likeness (QED) is 0.380. The number of hydrogen-bond donors (Lipinski definition) is 3. The van der Waals surface area contributed by atoms with E-state index in [1.165, 1.54) is 12.5 Å². The van der Waals surface area contributed by atoms with Gasteiger partial charge in [0.2, 0.25) is 5.91 Å². The van der Waals surface area contributed by atoms with Gasteiger partial charge in [-0.15, -0.1) is 0 Å². The molecule has 178 valence electrons. The highest BCUT2D eigenvalue weighted by atomic mass is 35.5. The second-order valence-corrected chi connectivity index (χ2v) is 10.1. The SMILES string of the molecule is CCC(CC)[C@H](C(=O)NC1CCCCC1)C1(c2ccc(Cl)cc2)Nc2cc(F)c(Cl)cc2N1. The molecule has 2 atom stereocenters. The predicted octanol–water partition coefficient (Wildman–Crippen LogP) is 7.32. The first-order valence-electron chi connectivity index (χ1n) is 12.0. The molecule has 4 nitrogen and oxygen atoms in total. The first-order valence-corrected chi connectivity index (χ1v) is 12.7. The third-order valence-corrected chi connectivity index (χ3v) is 7.79. The first kappa shape index (κ1) is 24.2. The molecule has 1 heterocycles. The maximum absolute atomic E-state index is 14.3. The molecular formula is C26H32Cl2FN3O. The first-order chi connectivity index (χ1) is 15.9. The van der Waals surface area contributed by atoms with E-state index >= 15 is 0 Å². The number of fused-ring (bicyclic) bond motifs is 1. The van der Waals surface area contributed by atoms with Crippen LogP contribution in [-0.4, -0.2) is 11.9 Å². The molecule has 0 bridgehead atoms. The van der Waals surface area contributed by atoms with Crippen LogP contribution >= 0.6 is 23.2 Å². The molecule has 1 unspecified atom stereocenters. The predicted molar refractivity (Wildman–Crippen MR) is 134 cm³/mol. The molecular weight excluding hydrogens is 460 g/mol. The van der Waals surface area contributed by atoms with E-state index in [-0.39, 0.29) is 22.9 Å². The fourth-order valence-electron chi connectivity index (χ4n) is 5.46. The number of hydrogen-bond acceptors (Lipinski definition) is 3. The van der Waals surface area contributed by atoms with Crippen LogP contribution in [0.25, 0.3) is 0 Å². The minimum absolute atomic E-state index is 0.0184. The Bertz CT molecular complexity index is 957. The second kappa shape index (κ2) is 10.1. The molecule has 0 saturated heterocycles. The average molecular weight is 492 g/mol. The van der Waals surface area contributed by atoms with Gasteiger partial charge in [-0.25, -0.2) is 4.39 Å². The number of halogens is 3. The lowest BCUT2D eigenvalue weighted by Crippen LogP contribution is -2.56. The standard InChI is InChI=1S/C26H32Cl2FN3O/c1-3-16(4-2)24(25(33)30-19-8-6-5-7-9-19)26(17-10-12-18(27)13-11-17)31-22-14-20(28)21(29)15-23(22)32-26/h10-16,19,24,31-32H,3-9H2,1-2H3,(H,30,33)/t24-,26?/m1/s1. The van der Waals surface area contributed by atoms with Crippen molar-refractivity contribution in [2.75, 3.05) is 10.6 Å². The molecule has 7 heteroatoms. The van der Waals surface area contributed by atoms with Gasteiger partial charge < -0.3 is 16.0 Å². The lowest BCUT2D eigenvalue weighted by atomic mass is 9.74. The van der Waals surface area contributed by atoms with Gasteiger partial charge in [0.25, 0.3) is 0 Å². The highest BCUT2D eigenvalue weighted by Gasteiger charge is 2.51. The van der Waals surface area contributed by atoms with Crippen LogP contribution in [0.2, 0.25) is 10.0 Å². The summed E-state index contributed by atoms with van der Waals surface area (Å²) in [6, 6.07) is 10.7. The Hall–Kier alpha value is -1.98. The molecule has 2 aliphatic rings. The third-order valence-electron chi connectivity index (χ3n) is 7.24. The molecule has 1 saturated carbocycles. The molecule has 4 rings (SSSR count). The highest BCUT2D eigenvalue weighted by Crippen LogP contribution is 2.48. The van der Waals surface area contributed by atoms with Gasteiger partial charge in [0.05, 0.1) is 22.3 Å². The number of rotatable bonds is 7. The summed E-state index contributed by atoms with van der Waals surface area (Å²) in [6.45, 7) is 4.23. The molecule has 33 heavy (non-hydrogen) atoms. The molecule has 2 aromatic rings. The lowest BCUT2D eigenvalue weighted by molar-refractivity contribution is -0.129. The summed E-state index contributed by atoms with van der Waals surface area (Å²) in [5.74, 6) is -0.823. The van der Waals surface area contributed by atoms with Gasteiger partial charge in [-0.2, -0.15) is 0 Å². The minimum atomic E-state index is -0.959. The molecule has 3 N–H and O–H groups in total. The molecule has 1 aliphatic heterocycles. The zero-order chi connectivity index (χ0) is 23.6.